The van der Waals surface area contributed by atoms with E-state index in [-0.39, 0.29) is 12.0 Å². The largest absolute Gasteiger partial charge is 0.392 e. The van der Waals surface area contributed by atoms with Crippen LogP contribution in [0.15, 0.2) is 11.4 Å². The molecule has 1 aliphatic heterocycles. The van der Waals surface area contributed by atoms with Crippen molar-refractivity contribution in [2.45, 2.75) is 32.8 Å². The summed E-state index contributed by atoms with van der Waals surface area (Å²) in [5.74, 6) is 0.174. The number of aryl methyl sites for hydroxylation is 1. The molecule has 1 N–H and O–H groups in total. The second-order valence-electron chi connectivity index (χ2n) is 5.28. The Bertz CT molecular complexity index is 439. The molecule has 0 aromatic carbocycles. The summed E-state index contributed by atoms with van der Waals surface area (Å²) in [6, 6.07) is 2.05. The summed E-state index contributed by atoms with van der Waals surface area (Å²) >= 11 is 1.55. The van der Waals surface area contributed by atoms with E-state index < -0.39 is 0 Å². The standard InChI is InChI=1S/C15H24N2O2S/c1-3-12-5-10-20-14(12)15(19)17-8-6-16(7-9-17)11-13(18)4-2/h5,10,13,18H,3-4,6-9,11H2,1-2H3/t13-/m0/s1. The first-order valence-electron chi connectivity index (χ1n) is 7.41. The monoisotopic (exact) mass is 296 g/mol. The van der Waals surface area contributed by atoms with E-state index in [9.17, 15) is 9.90 Å². The van der Waals surface area contributed by atoms with Gasteiger partial charge in [-0.05, 0) is 29.9 Å². The average Bonchev–Trinajstić information content (AvgIpc) is 2.95. The van der Waals surface area contributed by atoms with Gasteiger partial charge in [0.05, 0.1) is 11.0 Å². The Balaban J connectivity index is 1.89. The zero-order valence-corrected chi connectivity index (χ0v) is 13.2. The third-order valence-electron chi connectivity index (χ3n) is 3.92. The Morgan fingerprint density at radius 3 is 2.65 bits per heavy atom. The highest BCUT2D eigenvalue weighted by molar-refractivity contribution is 7.12. The zero-order chi connectivity index (χ0) is 14.5. The second kappa shape index (κ2) is 7.20. The molecule has 1 atom stereocenters. The van der Waals surface area contributed by atoms with E-state index >= 15 is 0 Å². The van der Waals surface area contributed by atoms with Gasteiger partial charge in [0.1, 0.15) is 0 Å². The maximum atomic E-state index is 12.5. The second-order valence-corrected chi connectivity index (χ2v) is 6.20. The third-order valence-corrected chi connectivity index (χ3v) is 4.87. The van der Waals surface area contributed by atoms with Crippen molar-refractivity contribution in [3.63, 3.8) is 0 Å². The van der Waals surface area contributed by atoms with Crippen molar-refractivity contribution >= 4 is 17.2 Å². The van der Waals surface area contributed by atoms with Crippen LogP contribution in [0.4, 0.5) is 0 Å². The lowest BCUT2D eigenvalue weighted by Crippen LogP contribution is -2.50. The first kappa shape index (κ1) is 15.5. The highest BCUT2D eigenvalue weighted by Crippen LogP contribution is 2.20. The smallest absolute Gasteiger partial charge is 0.264 e. The molecule has 0 saturated carbocycles. The van der Waals surface area contributed by atoms with Crippen LogP contribution in [0.3, 0.4) is 0 Å². The quantitative estimate of drug-likeness (QED) is 0.901. The number of hydrogen-bond donors (Lipinski definition) is 1. The maximum Gasteiger partial charge on any atom is 0.264 e. The van der Waals surface area contributed by atoms with Gasteiger partial charge in [0.15, 0.2) is 0 Å². The van der Waals surface area contributed by atoms with E-state index in [4.69, 9.17) is 0 Å². The van der Waals surface area contributed by atoms with Crippen LogP contribution >= 0.6 is 11.3 Å². The Hall–Kier alpha value is -0.910. The molecule has 1 aliphatic rings. The molecule has 2 rings (SSSR count). The van der Waals surface area contributed by atoms with Crippen molar-refractivity contribution in [2.75, 3.05) is 32.7 Å². The number of rotatable bonds is 5. The first-order chi connectivity index (χ1) is 9.65. The molecule has 1 amide bonds. The molecule has 2 heterocycles. The molecule has 0 bridgehead atoms. The SMILES string of the molecule is CCc1ccsc1C(=O)N1CCN(C[C@@H](O)CC)CC1. The molecule has 5 heteroatoms. The van der Waals surface area contributed by atoms with Gasteiger partial charge in [-0.25, -0.2) is 0 Å². The van der Waals surface area contributed by atoms with E-state index in [1.165, 1.54) is 0 Å². The van der Waals surface area contributed by atoms with Gasteiger partial charge in [-0.15, -0.1) is 11.3 Å². The fourth-order valence-corrected chi connectivity index (χ4v) is 3.47. The van der Waals surface area contributed by atoms with Crippen molar-refractivity contribution in [3.05, 3.63) is 21.9 Å². The lowest BCUT2D eigenvalue weighted by molar-refractivity contribution is 0.0527. The van der Waals surface area contributed by atoms with Crippen LogP contribution in [0.5, 0.6) is 0 Å². The Kier molecular flexibility index (Phi) is 5.57. The van der Waals surface area contributed by atoms with Crippen molar-refractivity contribution in [3.8, 4) is 0 Å². The topological polar surface area (TPSA) is 43.8 Å². The molecule has 0 unspecified atom stereocenters. The van der Waals surface area contributed by atoms with Crippen LogP contribution in [0, 0.1) is 0 Å². The van der Waals surface area contributed by atoms with Crippen molar-refractivity contribution in [1.82, 2.24) is 9.80 Å². The summed E-state index contributed by atoms with van der Waals surface area (Å²) in [5.41, 5.74) is 1.16. The van der Waals surface area contributed by atoms with E-state index in [0.29, 0.717) is 0 Å². The van der Waals surface area contributed by atoms with Gasteiger partial charge in [0.25, 0.3) is 5.91 Å². The molecule has 0 aliphatic carbocycles. The first-order valence-corrected chi connectivity index (χ1v) is 8.29. The summed E-state index contributed by atoms with van der Waals surface area (Å²) in [6.45, 7) is 8.03. The molecule has 1 fully saturated rings. The zero-order valence-electron chi connectivity index (χ0n) is 12.3. The number of β-amino-alcohol motifs (C(OH)–C–C–N with tert-alkyl or cyclic N) is 1. The number of aliphatic hydroxyl groups excluding tert-OH is 1. The maximum absolute atomic E-state index is 12.5. The minimum absolute atomic E-state index is 0.174. The molecular weight excluding hydrogens is 272 g/mol. The predicted octanol–water partition coefficient (Wildman–Crippen LogP) is 1.84. The summed E-state index contributed by atoms with van der Waals surface area (Å²) in [7, 11) is 0. The summed E-state index contributed by atoms with van der Waals surface area (Å²) in [6.07, 6.45) is 1.45. The molecular formula is C15H24N2O2S. The van der Waals surface area contributed by atoms with Gasteiger partial charge >= 0.3 is 0 Å². The third kappa shape index (κ3) is 3.59. The van der Waals surface area contributed by atoms with Crippen molar-refractivity contribution in [2.24, 2.45) is 0 Å². The highest BCUT2D eigenvalue weighted by Gasteiger charge is 2.24. The van der Waals surface area contributed by atoms with Crippen LogP contribution in [0.1, 0.15) is 35.5 Å². The number of hydrogen-bond acceptors (Lipinski definition) is 4. The molecule has 1 saturated heterocycles. The van der Waals surface area contributed by atoms with Crippen LogP contribution in [-0.4, -0.2) is 59.6 Å². The number of aliphatic hydroxyl groups is 1. The number of amides is 1. The summed E-state index contributed by atoms with van der Waals surface area (Å²) in [4.78, 5) is 17.6. The minimum Gasteiger partial charge on any atom is -0.392 e. The molecule has 0 radical (unpaired) electrons. The molecule has 4 nitrogen and oxygen atoms in total. The van der Waals surface area contributed by atoms with Gasteiger partial charge in [-0.1, -0.05) is 13.8 Å². The van der Waals surface area contributed by atoms with Gasteiger partial charge in [-0.3, -0.25) is 9.69 Å². The fourth-order valence-electron chi connectivity index (χ4n) is 2.51. The van der Waals surface area contributed by atoms with Crippen LogP contribution in [0.2, 0.25) is 0 Å². The summed E-state index contributed by atoms with van der Waals surface area (Å²) < 4.78 is 0. The van der Waals surface area contributed by atoms with E-state index in [1.807, 2.05) is 23.3 Å². The summed E-state index contributed by atoms with van der Waals surface area (Å²) in [5, 5.41) is 11.7. The fraction of sp³-hybridized carbons (Fsp3) is 0.667. The van der Waals surface area contributed by atoms with Crippen LogP contribution < -0.4 is 0 Å². The van der Waals surface area contributed by atoms with Crippen LogP contribution in [-0.2, 0) is 6.42 Å². The average molecular weight is 296 g/mol. The lowest BCUT2D eigenvalue weighted by Gasteiger charge is -2.35. The highest BCUT2D eigenvalue weighted by atomic mass is 32.1. The minimum atomic E-state index is -0.249. The van der Waals surface area contributed by atoms with E-state index in [0.717, 1.165) is 56.0 Å². The number of piperazine rings is 1. The van der Waals surface area contributed by atoms with Crippen molar-refractivity contribution < 1.29 is 9.90 Å². The van der Waals surface area contributed by atoms with Gasteiger partial charge < -0.3 is 10.0 Å². The van der Waals surface area contributed by atoms with Gasteiger partial charge in [0.2, 0.25) is 0 Å². The van der Waals surface area contributed by atoms with E-state index in [1.54, 1.807) is 11.3 Å². The molecule has 1 aromatic heterocycles. The molecule has 112 valence electrons. The number of nitrogens with zero attached hydrogens (tertiary/aromatic N) is 2. The number of carbonyl (C=O) groups excluding carboxylic acids is 1. The van der Waals surface area contributed by atoms with Gasteiger partial charge in [0, 0.05) is 32.7 Å². The number of carbonyl (C=O) groups is 1. The Morgan fingerprint density at radius 2 is 2.05 bits per heavy atom. The predicted molar refractivity (Wildman–Crippen MR) is 82.3 cm³/mol. The Morgan fingerprint density at radius 1 is 1.35 bits per heavy atom. The van der Waals surface area contributed by atoms with Crippen LogP contribution in [0.25, 0.3) is 0 Å². The normalized spacial score (nSPS) is 18.2. The van der Waals surface area contributed by atoms with Gasteiger partial charge in [-0.2, -0.15) is 0 Å². The lowest BCUT2D eigenvalue weighted by atomic mass is 10.2. The molecule has 1 aromatic rings. The number of thiophene rings is 1. The van der Waals surface area contributed by atoms with E-state index in [2.05, 4.69) is 11.8 Å². The van der Waals surface area contributed by atoms with Crippen molar-refractivity contribution in [1.29, 1.82) is 0 Å². The Labute approximate surface area is 125 Å². The molecule has 0 spiro atoms. The molecule has 20 heavy (non-hydrogen) atoms.